The number of aliphatic hydroxyl groups is 1. The van der Waals surface area contributed by atoms with Crippen LogP contribution >= 0.6 is 0 Å². The minimum atomic E-state index is -0.780. The van der Waals surface area contributed by atoms with Crippen LogP contribution in [-0.2, 0) is 17.7 Å². The summed E-state index contributed by atoms with van der Waals surface area (Å²) in [6.45, 7) is 6.24. The molecule has 1 amide bonds. The molecule has 2 atom stereocenters. The van der Waals surface area contributed by atoms with Crippen LogP contribution in [0.1, 0.15) is 32.1 Å². The minimum Gasteiger partial charge on any atom is -0.468 e. The first-order valence-corrected chi connectivity index (χ1v) is 8.78. The predicted octanol–water partition coefficient (Wildman–Crippen LogP) is 2.87. The second-order valence-electron chi connectivity index (χ2n) is 7.22. The third-order valence-electron chi connectivity index (χ3n) is 3.70. The number of amides is 1. The SMILES string of the molecule is CC(C)(C)OC(=O)N[C@@H](Cc1ccccc1)[C@H](O)CNCc1ccco1. The zero-order valence-electron chi connectivity index (χ0n) is 15.6. The van der Waals surface area contributed by atoms with E-state index in [-0.39, 0.29) is 0 Å². The molecule has 0 spiro atoms. The number of nitrogens with one attached hydrogen (secondary N) is 2. The van der Waals surface area contributed by atoms with Crippen LogP contribution in [0.3, 0.4) is 0 Å². The maximum absolute atomic E-state index is 12.1. The summed E-state index contributed by atoms with van der Waals surface area (Å²) in [6, 6.07) is 12.9. The van der Waals surface area contributed by atoms with Gasteiger partial charge in [0.1, 0.15) is 11.4 Å². The van der Waals surface area contributed by atoms with Crippen LogP contribution in [0.25, 0.3) is 0 Å². The summed E-state index contributed by atoms with van der Waals surface area (Å²) in [6.07, 6.45) is 0.792. The molecule has 0 bridgehead atoms. The number of carbonyl (C=O) groups is 1. The van der Waals surface area contributed by atoms with Crippen LogP contribution in [-0.4, -0.2) is 35.5 Å². The van der Waals surface area contributed by atoms with Crippen molar-refractivity contribution in [2.24, 2.45) is 0 Å². The lowest BCUT2D eigenvalue weighted by Gasteiger charge is -2.27. The van der Waals surface area contributed by atoms with Gasteiger partial charge >= 0.3 is 6.09 Å². The minimum absolute atomic E-state index is 0.313. The van der Waals surface area contributed by atoms with Crippen molar-refractivity contribution in [3.05, 3.63) is 60.1 Å². The maximum Gasteiger partial charge on any atom is 0.407 e. The van der Waals surface area contributed by atoms with Crippen molar-refractivity contribution in [2.45, 2.75) is 51.5 Å². The normalized spacial score (nSPS) is 13.8. The fraction of sp³-hybridized carbons (Fsp3) is 0.450. The van der Waals surface area contributed by atoms with E-state index in [2.05, 4.69) is 10.6 Å². The van der Waals surface area contributed by atoms with Crippen LogP contribution in [0.15, 0.2) is 53.1 Å². The molecule has 1 aromatic heterocycles. The molecule has 6 heteroatoms. The molecule has 0 aliphatic heterocycles. The largest absolute Gasteiger partial charge is 0.468 e. The molecule has 0 saturated heterocycles. The number of hydrogen-bond donors (Lipinski definition) is 3. The molecule has 2 aromatic rings. The maximum atomic E-state index is 12.1. The Morgan fingerprint density at radius 2 is 1.92 bits per heavy atom. The summed E-state index contributed by atoms with van der Waals surface area (Å²) < 4.78 is 10.6. The lowest BCUT2D eigenvalue weighted by atomic mass is 10.0. The van der Waals surface area contributed by atoms with Crippen molar-refractivity contribution in [3.63, 3.8) is 0 Å². The van der Waals surface area contributed by atoms with E-state index < -0.39 is 23.8 Å². The van der Waals surface area contributed by atoms with E-state index in [1.165, 1.54) is 0 Å². The Labute approximate surface area is 154 Å². The van der Waals surface area contributed by atoms with Gasteiger partial charge in [0.15, 0.2) is 0 Å². The zero-order chi connectivity index (χ0) is 19.0. The lowest BCUT2D eigenvalue weighted by Crippen LogP contribution is -2.49. The Morgan fingerprint density at radius 1 is 1.19 bits per heavy atom. The van der Waals surface area contributed by atoms with Gasteiger partial charge < -0.3 is 24.9 Å². The van der Waals surface area contributed by atoms with Gasteiger partial charge in [-0.2, -0.15) is 0 Å². The van der Waals surface area contributed by atoms with Gasteiger partial charge in [-0.25, -0.2) is 4.79 Å². The van der Waals surface area contributed by atoms with E-state index in [1.54, 1.807) is 27.0 Å². The van der Waals surface area contributed by atoms with Gasteiger partial charge in [-0.1, -0.05) is 30.3 Å². The van der Waals surface area contributed by atoms with Gasteiger partial charge in [-0.3, -0.25) is 0 Å². The molecule has 0 unspecified atom stereocenters. The first-order valence-electron chi connectivity index (χ1n) is 8.78. The fourth-order valence-corrected chi connectivity index (χ4v) is 2.51. The Kier molecular flexibility index (Phi) is 7.24. The summed E-state index contributed by atoms with van der Waals surface area (Å²) in [5.41, 5.74) is 0.433. The van der Waals surface area contributed by atoms with Crippen molar-refractivity contribution < 1.29 is 19.1 Å². The molecule has 0 fully saturated rings. The number of carbonyl (C=O) groups excluding carboxylic acids is 1. The van der Waals surface area contributed by atoms with Crippen molar-refractivity contribution in [1.82, 2.24) is 10.6 Å². The summed E-state index contributed by atoms with van der Waals surface area (Å²) in [5.74, 6) is 0.789. The van der Waals surface area contributed by atoms with Gasteiger partial charge in [-0.05, 0) is 44.9 Å². The quantitative estimate of drug-likeness (QED) is 0.674. The highest BCUT2D eigenvalue weighted by Crippen LogP contribution is 2.10. The molecule has 142 valence electrons. The fourth-order valence-electron chi connectivity index (χ4n) is 2.51. The smallest absolute Gasteiger partial charge is 0.407 e. The molecule has 3 N–H and O–H groups in total. The second-order valence-corrected chi connectivity index (χ2v) is 7.22. The number of rotatable bonds is 8. The second kappa shape index (κ2) is 9.40. The van der Waals surface area contributed by atoms with Gasteiger partial charge in [-0.15, -0.1) is 0 Å². The van der Waals surface area contributed by atoms with Crippen LogP contribution in [0, 0.1) is 0 Å². The van der Waals surface area contributed by atoms with Crippen LogP contribution < -0.4 is 10.6 Å². The molecular formula is C20H28N2O4. The van der Waals surface area contributed by atoms with Gasteiger partial charge in [0, 0.05) is 6.54 Å². The molecule has 0 radical (unpaired) electrons. The van der Waals surface area contributed by atoms with E-state index in [9.17, 15) is 9.90 Å². The molecule has 2 rings (SSSR count). The van der Waals surface area contributed by atoms with Crippen LogP contribution in [0.2, 0.25) is 0 Å². The Balaban J connectivity index is 1.95. The monoisotopic (exact) mass is 360 g/mol. The molecule has 0 aliphatic rings. The standard InChI is InChI=1S/C20H28N2O4/c1-20(2,3)26-19(24)22-17(12-15-8-5-4-6-9-15)18(23)14-21-13-16-10-7-11-25-16/h4-11,17-18,21,23H,12-14H2,1-3H3,(H,22,24)/t17-,18+/m0/s1. The highest BCUT2D eigenvalue weighted by Gasteiger charge is 2.24. The molecule has 0 aliphatic carbocycles. The summed E-state index contributed by atoms with van der Waals surface area (Å²) >= 11 is 0. The molecule has 6 nitrogen and oxygen atoms in total. The number of benzene rings is 1. The number of aliphatic hydroxyl groups excluding tert-OH is 1. The van der Waals surface area contributed by atoms with E-state index in [0.29, 0.717) is 19.5 Å². The van der Waals surface area contributed by atoms with E-state index >= 15 is 0 Å². The topological polar surface area (TPSA) is 83.7 Å². The summed E-state index contributed by atoms with van der Waals surface area (Å²) in [5, 5.41) is 16.5. The molecule has 1 aromatic carbocycles. The Morgan fingerprint density at radius 3 is 2.54 bits per heavy atom. The summed E-state index contributed by atoms with van der Waals surface area (Å²) in [7, 11) is 0. The number of alkyl carbamates (subject to hydrolysis) is 1. The van der Waals surface area contributed by atoms with Gasteiger partial charge in [0.2, 0.25) is 0 Å². The predicted molar refractivity (Wildman–Crippen MR) is 99.7 cm³/mol. The zero-order valence-corrected chi connectivity index (χ0v) is 15.6. The average Bonchev–Trinajstić information content (AvgIpc) is 3.06. The first kappa shape index (κ1) is 20.0. The third kappa shape index (κ3) is 7.29. The Bertz CT molecular complexity index is 650. The molecule has 26 heavy (non-hydrogen) atoms. The van der Waals surface area contributed by atoms with E-state index in [4.69, 9.17) is 9.15 Å². The summed E-state index contributed by atoms with van der Waals surface area (Å²) in [4.78, 5) is 12.1. The lowest BCUT2D eigenvalue weighted by molar-refractivity contribution is 0.0422. The van der Waals surface area contributed by atoms with Gasteiger partial charge in [0.25, 0.3) is 0 Å². The van der Waals surface area contributed by atoms with Gasteiger partial charge in [0.05, 0.1) is 25.0 Å². The molecule has 0 saturated carbocycles. The molecule has 1 heterocycles. The highest BCUT2D eigenvalue weighted by atomic mass is 16.6. The van der Waals surface area contributed by atoms with Crippen molar-refractivity contribution >= 4 is 6.09 Å². The van der Waals surface area contributed by atoms with Crippen LogP contribution in [0.4, 0.5) is 4.79 Å². The number of ether oxygens (including phenoxy) is 1. The highest BCUT2D eigenvalue weighted by molar-refractivity contribution is 5.68. The Hall–Kier alpha value is -2.31. The van der Waals surface area contributed by atoms with Crippen molar-refractivity contribution in [1.29, 1.82) is 0 Å². The first-order chi connectivity index (χ1) is 12.3. The van der Waals surface area contributed by atoms with E-state index in [1.807, 2.05) is 42.5 Å². The average molecular weight is 360 g/mol. The number of hydrogen-bond acceptors (Lipinski definition) is 5. The number of furan rings is 1. The van der Waals surface area contributed by atoms with Crippen molar-refractivity contribution in [3.8, 4) is 0 Å². The van der Waals surface area contributed by atoms with Crippen LogP contribution in [0.5, 0.6) is 0 Å². The molecular weight excluding hydrogens is 332 g/mol. The van der Waals surface area contributed by atoms with E-state index in [0.717, 1.165) is 11.3 Å². The van der Waals surface area contributed by atoms with Crippen molar-refractivity contribution in [2.75, 3.05) is 6.54 Å². The third-order valence-corrected chi connectivity index (χ3v) is 3.70.